The Morgan fingerprint density at radius 3 is 2.88 bits per heavy atom. The molecule has 1 aromatic carbocycles. The molecule has 25 heavy (non-hydrogen) atoms. The molecule has 0 N–H and O–H groups in total. The van der Waals surface area contributed by atoms with Crippen molar-refractivity contribution in [2.24, 2.45) is 0 Å². The van der Waals surface area contributed by atoms with Crippen LogP contribution in [0.15, 0.2) is 36.5 Å². The first-order chi connectivity index (χ1) is 12.0. The maximum absolute atomic E-state index is 11.2. The van der Waals surface area contributed by atoms with E-state index >= 15 is 0 Å². The highest BCUT2D eigenvalue weighted by Crippen LogP contribution is 2.37. The molecule has 7 heteroatoms. The second kappa shape index (κ2) is 5.84. The first kappa shape index (κ1) is 15.6. The van der Waals surface area contributed by atoms with Crippen LogP contribution in [0.1, 0.15) is 35.6 Å². The average Bonchev–Trinajstić information content (AvgIpc) is 3.22. The van der Waals surface area contributed by atoms with E-state index in [2.05, 4.69) is 47.0 Å². The predicted octanol–water partition coefficient (Wildman–Crippen LogP) is 3.60. The minimum Gasteiger partial charge on any atom is -0.358 e. The lowest BCUT2D eigenvalue weighted by atomic mass is 9.97. The minimum absolute atomic E-state index is 0.112. The van der Waals surface area contributed by atoms with Crippen LogP contribution in [0.4, 0.5) is 11.6 Å². The molecule has 0 bridgehead atoms. The Bertz CT molecular complexity index is 965. The Balaban J connectivity index is 1.77. The van der Waals surface area contributed by atoms with Crippen LogP contribution in [0.5, 0.6) is 0 Å². The molecule has 3 heterocycles. The van der Waals surface area contributed by atoms with Gasteiger partial charge in [-0.15, -0.1) is 0 Å². The highest BCUT2D eigenvalue weighted by Gasteiger charge is 2.29. The van der Waals surface area contributed by atoms with E-state index in [1.807, 2.05) is 6.07 Å². The molecule has 3 aromatic rings. The molecule has 4 rings (SSSR count). The zero-order valence-electron chi connectivity index (χ0n) is 14.2. The third-order valence-corrected chi connectivity index (χ3v) is 4.86. The lowest BCUT2D eigenvalue weighted by Gasteiger charge is -2.26. The second-order valence-corrected chi connectivity index (χ2v) is 6.55. The Hall–Kier alpha value is -2.96. The zero-order valence-corrected chi connectivity index (χ0v) is 14.2. The molecule has 1 saturated heterocycles. The summed E-state index contributed by atoms with van der Waals surface area (Å²) in [5.41, 5.74) is 4.29. The number of fused-ring (bicyclic) bond motifs is 1. The van der Waals surface area contributed by atoms with Crippen LogP contribution in [0.2, 0.25) is 0 Å². The van der Waals surface area contributed by atoms with Gasteiger partial charge in [-0.1, -0.05) is 33.4 Å². The third-order valence-electron chi connectivity index (χ3n) is 4.86. The Morgan fingerprint density at radius 1 is 1.24 bits per heavy atom. The first-order valence-corrected chi connectivity index (χ1v) is 8.37. The molecule has 2 aromatic heterocycles. The quantitative estimate of drug-likeness (QED) is 0.539. The largest absolute Gasteiger partial charge is 0.368 e. The van der Waals surface area contributed by atoms with Crippen LogP contribution in [-0.2, 0) is 0 Å². The van der Waals surface area contributed by atoms with Crippen molar-refractivity contribution in [3.8, 4) is 0 Å². The molecule has 0 aliphatic carbocycles. The lowest BCUT2D eigenvalue weighted by Crippen LogP contribution is -2.25. The number of nitrogens with zero attached hydrogens (tertiary/aromatic N) is 5. The summed E-state index contributed by atoms with van der Waals surface area (Å²) in [7, 11) is 0. The van der Waals surface area contributed by atoms with Gasteiger partial charge in [0.1, 0.15) is 6.20 Å². The smallest absolute Gasteiger partial charge is 0.358 e. The van der Waals surface area contributed by atoms with Crippen molar-refractivity contribution in [1.82, 2.24) is 14.6 Å². The number of benzene rings is 1. The topological polar surface area (TPSA) is 76.6 Å². The summed E-state index contributed by atoms with van der Waals surface area (Å²) in [4.78, 5) is 17.0. The van der Waals surface area contributed by atoms with Gasteiger partial charge in [0.25, 0.3) is 0 Å². The number of nitro groups is 1. The van der Waals surface area contributed by atoms with E-state index < -0.39 is 4.92 Å². The summed E-state index contributed by atoms with van der Waals surface area (Å²) >= 11 is 0. The van der Waals surface area contributed by atoms with Crippen molar-refractivity contribution >= 4 is 17.3 Å². The Labute approximate surface area is 145 Å². The number of rotatable bonds is 3. The fraction of sp³-hybridized carbons (Fsp3) is 0.333. The third kappa shape index (κ3) is 2.61. The van der Waals surface area contributed by atoms with Crippen molar-refractivity contribution in [3.63, 3.8) is 0 Å². The molecule has 128 valence electrons. The Morgan fingerprint density at radius 2 is 2.08 bits per heavy atom. The van der Waals surface area contributed by atoms with Crippen molar-refractivity contribution < 1.29 is 4.92 Å². The molecule has 1 unspecified atom stereocenters. The monoisotopic (exact) mass is 337 g/mol. The van der Waals surface area contributed by atoms with E-state index in [0.29, 0.717) is 5.65 Å². The van der Waals surface area contributed by atoms with Gasteiger partial charge in [-0.3, -0.25) is 0 Å². The number of aromatic nitrogens is 3. The Kier molecular flexibility index (Phi) is 3.63. The SMILES string of the molecule is Cc1ccc(C)c(C2CCCN2c2ccc3ncc([N+](=O)[O-])n3n2)c1. The van der Waals surface area contributed by atoms with E-state index in [-0.39, 0.29) is 11.9 Å². The van der Waals surface area contributed by atoms with Crippen molar-refractivity contribution in [2.45, 2.75) is 32.7 Å². The number of imidazole rings is 1. The average molecular weight is 337 g/mol. The van der Waals surface area contributed by atoms with Crippen molar-refractivity contribution in [1.29, 1.82) is 0 Å². The van der Waals surface area contributed by atoms with Gasteiger partial charge in [-0.05, 0) is 48.8 Å². The maximum Gasteiger partial charge on any atom is 0.368 e. The summed E-state index contributed by atoms with van der Waals surface area (Å²) in [6.07, 6.45) is 3.37. The van der Waals surface area contributed by atoms with Crippen LogP contribution in [0.25, 0.3) is 5.65 Å². The van der Waals surface area contributed by atoms with Gasteiger partial charge in [0.15, 0.2) is 5.82 Å². The molecular formula is C18H19N5O2. The first-order valence-electron chi connectivity index (χ1n) is 8.37. The molecule has 1 aliphatic heterocycles. The standard InChI is InChI=1S/C18H19N5O2/c1-12-5-6-13(2)14(10-12)15-4-3-9-21(15)17-8-7-16-19-11-18(23(24)25)22(16)20-17/h5-8,10-11,15H,3-4,9H2,1-2H3. The van der Waals surface area contributed by atoms with Crippen LogP contribution in [-0.4, -0.2) is 26.1 Å². The molecule has 1 atom stereocenters. The van der Waals surface area contributed by atoms with Gasteiger partial charge in [-0.25, -0.2) is 4.98 Å². The molecule has 0 amide bonds. The summed E-state index contributed by atoms with van der Waals surface area (Å²) in [6.45, 7) is 5.11. The summed E-state index contributed by atoms with van der Waals surface area (Å²) in [6, 6.07) is 10.4. The van der Waals surface area contributed by atoms with Crippen LogP contribution in [0, 0.1) is 24.0 Å². The minimum atomic E-state index is -0.455. The van der Waals surface area contributed by atoms with Crippen LogP contribution < -0.4 is 4.90 Å². The van der Waals surface area contributed by atoms with E-state index in [1.54, 1.807) is 6.07 Å². The van der Waals surface area contributed by atoms with E-state index in [9.17, 15) is 10.1 Å². The van der Waals surface area contributed by atoms with Crippen LogP contribution in [0.3, 0.4) is 0 Å². The number of anilines is 1. The molecule has 0 spiro atoms. The van der Waals surface area contributed by atoms with E-state index in [1.165, 1.54) is 27.4 Å². The van der Waals surface area contributed by atoms with Gasteiger partial charge >= 0.3 is 5.82 Å². The van der Waals surface area contributed by atoms with Gasteiger partial charge in [0.05, 0.1) is 6.04 Å². The normalized spacial score (nSPS) is 17.4. The maximum atomic E-state index is 11.2. The van der Waals surface area contributed by atoms with Gasteiger partial charge in [-0.2, -0.15) is 0 Å². The number of hydrogen-bond acceptors (Lipinski definition) is 5. The molecule has 1 aliphatic rings. The second-order valence-electron chi connectivity index (χ2n) is 6.55. The predicted molar refractivity (Wildman–Crippen MR) is 94.9 cm³/mol. The molecule has 1 fully saturated rings. The molecule has 0 saturated carbocycles. The zero-order chi connectivity index (χ0) is 17.6. The van der Waals surface area contributed by atoms with Crippen molar-refractivity contribution in [3.05, 3.63) is 63.3 Å². The molecule has 0 radical (unpaired) electrons. The lowest BCUT2D eigenvalue weighted by molar-refractivity contribution is -0.391. The molecule has 7 nitrogen and oxygen atoms in total. The van der Waals surface area contributed by atoms with Gasteiger partial charge in [0, 0.05) is 12.6 Å². The molecular weight excluding hydrogens is 318 g/mol. The highest BCUT2D eigenvalue weighted by molar-refractivity contribution is 5.52. The van der Waals surface area contributed by atoms with Crippen LogP contribution >= 0.6 is 0 Å². The summed E-state index contributed by atoms with van der Waals surface area (Å²) in [5, 5.41) is 15.7. The number of hydrogen-bond donors (Lipinski definition) is 0. The fourth-order valence-electron chi connectivity index (χ4n) is 3.61. The van der Waals surface area contributed by atoms with Gasteiger partial charge in [0.2, 0.25) is 5.65 Å². The summed E-state index contributed by atoms with van der Waals surface area (Å²) in [5.74, 6) is 0.635. The highest BCUT2D eigenvalue weighted by atomic mass is 16.6. The van der Waals surface area contributed by atoms with E-state index in [0.717, 1.165) is 25.2 Å². The fourth-order valence-corrected chi connectivity index (χ4v) is 3.61. The number of aryl methyl sites for hydroxylation is 2. The van der Waals surface area contributed by atoms with E-state index in [4.69, 9.17) is 0 Å². The summed E-state index contributed by atoms with van der Waals surface area (Å²) < 4.78 is 1.31. The van der Waals surface area contributed by atoms with Gasteiger partial charge < -0.3 is 15.0 Å². The van der Waals surface area contributed by atoms with Crippen molar-refractivity contribution in [2.75, 3.05) is 11.4 Å².